The van der Waals surface area contributed by atoms with Crippen molar-refractivity contribution in [3.8, 4) is 0 Å². The Hall–Kier alpha value is -0.810. The first-order valence-electron chi connectivity index (χ1n) is 4.99. The first-order valence-corrected chi connectivity index (χ1v) is 7.30. The predicted octanol–water partition coefficient (Wildman–Crippen LogP) is 2.34. The maximum atomic E-state index is 11.2. The third-order valence-corrected chi connectivity index (χ3v) is 3.17. The van der Waals surface area contributed by atoms with Crippen LogP contribution in [0.2, 0.25) is 0 Å². The van der Waals surface area contributed by atoms with E-state index in [0.717, 1.165) is 24.2 Å². The molecule has 4 nitrogen and oxygen atoms in total. The summed E-state index contributed by atoms with van der Waals surface area (Å²) in [4.78, 5) is 4.03. The maximum absolute atomic E-state index is 11.2. The Kier molecular flexibility index (Phi) is 4.15. The van der Waals surface area contributed by atoms with Gasteiger partial charge in [0.1, 0.15) is 5.82 Å². The van der Waals surface area contributed by atoms with Gasteiger partial charge in [-0.3, -0.25) is 0 Å². The van der Waals surface area contributed by atoms with Crippen LogP contribution in [0.5, 0.6) is 0 Å². The van der Waals surface area contributed by atoms with Gasteiger partial charge in [0.15, 0.2) is 5.03 Å². The molecule has 0 unspecified atom stereocenters. The van der Waals surface area contributed by atoms with Gasteiger partial charge in [0.25, 0.3) is 9.05 Å². The minimum absolute atomic E-state index is 0.0844. The summed E-state index contributed by atoms with van der Waals surface area (Å²) in [6.45, 7) is 8.24. The van der Waals surface area contributed by atoms with Crippen LogP contribution in [0.4, 0.5) is 0 Å². The number of hydrogen-bond donors (Lipinski definition) is 0. The molecule has 0 aliphatic heterocycles. The van der Waals surface area contributed by atoms with Gasteiger partial charge in [0, 0.05) is 29.8 Å². The number of aryl methyl sites for hydroxylation is 1. The van der Waals surface area contributed by atoms with Crippen molar-refractivity contribution in [2.75, 3.05) is 0 Å². The van der Waals surface area contributed by atoms with E-state index in [2.05, 4.69) is 11.6 Å². The van der Waals surface area contributed by atoms with E-state index in [0.29, 0.717) is 6.54 Å². The van der Waals surface area contributed by atoms with Gasteiger partial charge in [-0.2, -0.15) is 0 Å². The van der Waals surface area contributed by atoms with Crippen LogP contribution >= 0.6 is 10.7 Å². The Labute approximate surface area is 100 Å². The van der Waals surface area contributed by atoms with E-state index in [9.17, 15) is 8.42 Å². The number of rotatable bonds is 5. The van der Waals surface area contributed by atoms with E-state index in [-0.39, 0.29) is 5.03 Å². The van der Waals surface area contributed by atoms with Gasteiger partial charge in [0.05, 0.1) is 0 Å². The summed E-state index contributed by atoms with van der Waals surface area (Å²) >= 11 is 0. The van der Waals surface area contributed by atoms with Crippen LogP contribution in [-0.4, -0.2) is 18.0 Å². The highest BCUT2D eigenvalue weighted by atomic mass is 35.7. The van der Waals surface area contributed by atoms with E-state index in [1.165, 1.54) is 6.20 Å². The SMILES string of the molecule is C=C(C)Cn1cc(S(=O)(=O)Cl)nc1CCC. The molecule has 0 fully saturated rings. The van der Waals surface area contributed by atoms with Gasteiger partial charge in [-0.25, -0.2) is 13.4 Å². The smallest absolute Gasteiger partial charge is 0.280 e. The van der Waals surface area contributed by atoms with Gasteiger partial charge in [-0.05, 0) is 13.3 Å². The molecule has 0 N–H and O–H groups in total. The molecule has 0 aromatic carbocycles. The van der Waals surface area contributed by atoms with Crippen LogP contribution in [0.1, 0.15) is 26.1 Å². The van der Waals surface area contributed by atoms with Crippen molar-refractivity contribution in [3.05, 3.63) is 24.2 Å². The fourth-order valence-corrected chi connectivity index (χ4v) is 2.09. The van der Waals surface area contributed by atoms with Gasteiger partial charge < -0.3 is 4.57 Å². The topological polar surface area (TPSA) is 52.0 Å². The molecule has 0 aliphatic rings. The van der Waals surface area contributed by atoms with Crippen LogP contribution in [0.15, 0.2) is 23.4 Å². The lowest BCUT2D eigenvalue weighted by Crippen LogP contribution is -2.03. The van der Waals surface area contributed by atoms with Crippen molar-refractivity contribution in [2.24, 2.45) is 0 Å². The molecule has 1 aromatic heterocycles. The zero-order valence-electron chi connectivity index (χ0n) is 9.40. The predicted molar refractivity (Wildman–Crippen MR) is 64.1 cm³/mol. The van der Waals surface area contributed by atoms with Gasteiger partial charge >= 0.3 is 0 Å². The normalized spacial score (nSPS) is 11.7. The van der Waals surface area contributed by atoms with Crippen LogP contribution in [-0.2, 0) is 22.0 Å². The second kappa shape index (κ2) is 5.01. The van der Waals surface area contributed by atoms with Gasteiger partial charge in [-0.15, -0.1) is 0 Å². The molecule has 1 rings (SSSR count). The summed E-state index contributed by atoms with van der Waals surface area (Å²) < 4.78 is 24.1. The average molecular weight is 263 g/mol. The average Bonchev–Trinajstić information content (AvgIpc) is 2.47. The first-order chi connectivity index (χ1) is 7.34. The second-order valence-electron chi connectivity index (χ2n) is 3.77. The van der Waals surface area contributed by atoms with Gasteiger partial charge in [-0.1, -0.05) is 19.1 Å². The molecule has 0 aliphatic carbocycles. The molecule has 16 heavy (non-hydrogen) atoms. The Morgan fingerprint density at radius 3 is 2.69 bits per heavy atom. The molecule has 0 atom stereocenters. The molecular formula is C10H15ClN2O2S. The monoisotopic (exact) mass is 262 g/mol. The van der Waals surface area contributed by atoms with Gasteiger partial charge in [0.2, 0.25) is 0 Å². The molecule has 0 radical (unpaired) electrons. The summed E-state index contributed by atoms with van der Waals surface area (Å²) in [5.74, 6) is 0.727. The van der Waals surface area contributed by atoms with E-state index in [1.807, 2.05) is 13.8 Å². The maximum Gasteiger partial charge on any atom is 0.280 e. The summed E-state index contributed by atoms with van der Waals surface area (Å²) in [6, 6.07) is 0. The lowest BCUT2D eigenvalue weighted by Gasteiger charge is -2.05. The van der Waals surface area contributed by atoms with Crippen LogP contribution in [0.3, 0.4) is 0 Å². The van der Waals surface area contributed by atoms with Crippen molar-refractivity contribution in [1.29, 1.82) is 0 Å². The second-order valence-corrected chi connectivity index (χ2v) is 6.28. The molecule has 0 bridgehead atoms. The third-order valence-electron chi connectivity index (χ3n) is 2.00. The Balaban J connectivity index is 3.14. The fourth-order valence-electron chi connectivity index (χ4n) is 1.40. The summed E-state index contributed by atoms with van der Waals surface area (Å²) in [5.41, 5.74) is 0.938. The highest BCUT2D eigenvalue weighted by molar-refractivity contribution is 8.13. The third kappa shape index (κ3) is 3.35. The minimum atomic E-state index is -3.75. The Morgan fingerprint density at radius 1 is 1.62 bits per heavy atom. The lowest BCUT2D eigenvalue weighted by atomic mass is 10.3. The molecule has 1 heterocycles. The molecule has 6 heteroatoms. The van der Waals surface area contributed by atoms with E-state index < -0.39 is 9.05 Å². The molecule has 0 spiro atoms. The molecule has 0 amide bonds. The van der Waals surface area contributed by atoms with Crippen molar-refractivity contribution in [2.45, 2.75) is 38.3 Å². The zero-order valence-corrected chi connectivity index (χ0v) is 11.0. The van der Waals surface area contributed by atoms with E-state index in [1.54, 1.807) is 4.57 Å². The number of halogens is 1. The number of hydrogen-bond acceptors (Lipinski definition) is 3. The highest BCUT2D eigenvalue weighted by Crippen LogP contribution is 2.16. The fraction of sp³-hybridized carbons (Fsp3) is 0.500. The molecule has 0 saturated heterocycles. The molecule has 1 aromatic rings. The minimum Gasteiger partial charge on any atom is -0.329 e. The first kappa shape index (κ1) is 13.3. The highest BCUT2D eigenvalue weighted by Gasteiger charge is 2.17. The van der Waals surface area contributed by atoms with Crippen molar-refractivity contribution in [1.82, 2.24) is 9.55 Å². The van der Waals surface area contributed by atoms with Crippen molar-refractivity contribution < 1.29 is 8.42 Å². The van der Waals surface area contributed by atoms with Crippen molar-refractivity contribution >= 4 is 19.7 Å². The Bertz CT molecular complexity index is 491. The van der Waals surface area contributed by atoms with E-state index in [4.69, 9.17) is 10.7 Å². The molecular weight excluding hydrogens is 248 g/mol. The number of nitrogens with zero attached hydrogens (tertiary/aromatic N) is 2. The molecule has 0 saturated carbocycles. The summed E-state index contributed by atoms with van der Waals surface area (Å²) in [7, 11) is 1.51. The zero-order chi connectivity index (χ0) is 12.3. The van der Waals surface area contributed by atoms with Crippen molar-refractivity contribution in [3.63, 3.8) is 0 Å². The standard InChI is InChI=1S/C10H15ClN2O2S/c1-4-5-9-12-10(16(11,14)15)7-13(9)6-8(2)3/h7H,2,4-6H2,1,3H3. The summed E-state index contributed by atoms with van der Waals surface area (Å²) in [6.07, 6.45) is 3.08. The van der Waals surface area contributed by atoms with Crippen LogP contribution in [0, 0.1) is 0 Å². The number of aromatic nitrogens is 2. The number of imidazole rings is 1. The number of allylic oxidation sites excluding steroid dienone is 1. The quantitative estimate of drug-likeness (QED) is 0.605. The lowest BCUT2D eigenvalue weighted by molar-refractivity contribution is 0.606. The Morgan fingerprint density at radius 2 is 2.25 bits per heavy atom. The van der Waals surface area contributed by atoms with Crippen LogP contribution in [0.25, 0.3) is 0 Å². The molecule has 90 valence electrons. The van der Waals surface area contributed by atoms with E-state index >= 15 is 0 Å². The summed E-state index contributed by atoms with van der Waals surface area (Å²) in [5, 5.41) is -0.0844. The largest absolute Gasteiger partial charge is 0.329 e. The van der Waals surface area contributed by atoms with Crippen LogP contribution < -0.4 is 0 Å².